The van der Waals surface area contributed by atoms with Crippen LogP contribution in [0.5, 0.6) is 0 Å². The maximum Gasteiger partial charge on any atom is 0.109 e. The molecule has 0 saturated heterocycles. The Bertz CT molecular complexity index is 444. The van der Waals surface area contributed by atoms with Crippen molar-refractivity contribution in [2.75, 3.05) is 6.61 Å². The van der Waals surface area contributed by atoms with E-state index in [0.717, 1.165) is 10.6 Å². The molecule has 1 aromatic carbocycles. The second kappa shape index (κ2) is 6.64. The van der Waals surface area contributed by atoms with Crippen LogP contribution in [0.4, 0.5) is 0 Å². The Morgan fingerprint density at radius 1 is 1.33 bits per heavy atom. The lowest BCUT2D eigenvalue weighted by atomic mass is 10.0. The third kappa shape index (κ3) is 3.38. The lowest BCUT2D eigenvalue weighted by molar-refractivity contribution is -0.0340. The van der Waals surface area contributed by atoms with Crippen LogP contribution in [0.25, 0.3) is 0 Å². The summed E-state index contributed by atoms with van der Waals surface area (Å²) in [5.41, 5.74) is 1.00. The van der Waals surface area contributed by atoms with Gasteiger partial charge in [0, 0.05) is 24.6 Å². The van der Waals surface area contributed by atoms with Crippen LogP contribution in [0, 0.1) is 0 Å². The van der Waals surface area contributed by atoms with E-state index in [-0.39, 0.29) is 6.10 Å². The number of nitrogens with zero attached hydrogens (tertiary/aromatic N) is 1. The van der Waals surface area contributed by atoms with Gasteiger partial charge >= 0.3 is 0 Å². The first-order valence-corrected chi connectivity index (χ1v) is 6.92. The fraction of sp³-hybridized carbons (Fsp3) is 0.357. The summed E-state index contributed by atoms with van der Waals surface area (Å²) in [6.07, 6.45) is 1.42. The molecule has 2 aromatic rings. The summed E-state index contributed by atoms with van der Waals surface area (Å²) in [4.78, 5) is 4.20. The van der Waals surface area contributed by atoms with Gasteiger partial charge in [0.05, 0.1) is 11.1 Å². The molecule has 0 aliphatic rings. The fourth-order valence-electron chi connectivity index (χ4n) is 1.89. The van der Waals surface area contributed by atoms with Gasteiger partial charge in [0.2, 0.25) is 0 Å². The van der Waals surface area contributed by atoms with E-state index in [2.05, 4.69) is 4.98 Å². The Morgan fingerprint density at radius 3 is 2.72 bits per heavy atom. The van der Waals surface area contributed by atoms with Crippen molar-refractivity contribution in [1.29, 1.82) is 0 Å². The fourth-order valence-corrected chi connectivity index (χ4v) is 2.56. The van der Waals surface area contributed by atoms with Gasteiger partial charge in [0.25, 0.3) is 0 Å². The molecule has 4 heteroatoms. The number of aliphatic hydroxyl groups excluding tert-OH is 1. The summed E-state index contributed by atoms with van der Waals surface area (Å²) < 4.78 is 5.67. The molecule has 1 aromatic heterocycles. The Labute approximate surface area is 111 Å². The van der Waals surface area contributed by atoms with Crippen LogP contribution < -0.4 is 0 Å². The van der Waals surface area contributed by atoms with Gasteiger partial charge in [-0.1, -0.05) is 30.3 Å². The van der Waals surface area contributed by atoms with E-state index in [0.29, 0.717) is 13.0 Å². The minimum Gasteiger partial charge on any atom is -0.390 e. The number of ether oxygens (including phenoxy) is 1. The SMILES string of the molecule is CCOC(c1ccccc1)C(O)Cc1nccs1. The second-order valence-corrected chi connectivity index (χ2v) is 4.96. The topological polar surface area (TPSA) is 42.4 Å². The van der Waals surface area contributed by atoms with Gasteiger partial charge in [-0.05, 0) is 12.5 Å². The Hall–Kier alpha value is -1.23. The van der Waals surface area contributed by atoms with E-state index in [9.17, 15) is 5.11 Å². The minimum atomic E-state index is -0.571. The molecule has 0 bridgehead atoms. The van der Waals surface area contributed by atoms with E-state index < -0.39 is 6.10 Å². The van der Waals surface area contributed by atoms with Crippen molar-refractivity contribution in [3.05, 3.63) is 52.5 Å². The van der Waals surface area contributed by atoms with Gasteiger partial charge in [-0.15, -0.1) is 11.3 Å². The zero-order valence-electron chi connectivity index (χ0n) is 10.3. The van der Waals surface area contributed by atoms with E-state index >= 15 is 0 Å². The van der Waals surface area contributed by atoms with Crippen molar-refractivity contribution in [1.82, 2.24) is 4.98 Å². The van der Waals surface area contributed by atoms with E-state index in [1.54, 1.807) is 17.5 Å². The first-order chi connectivity index (χ1) is 8.81. The Kier molecular flexibility index (Phi) is 4.87. The number of benzene rings is 1. The van der Waals surface area contributed by atoms with E-state index in [4.69, 9.17) is 4.74 Å². The molecule has 3 nitrogen and oxygen atoms in total. The second-order valence-electron chi connectivity index (χ2n) is 3.98. The average molecular weight is 263 g/mol. The van der Waals surface area contributed by atoms with Gasteiger partial charge in [-0.25, -0.2) is 4.98 Å². The molecule has 0 aliphatic carbocycles. The van der Waals surface area contributed by atoms with Crippen molar-refractivity contribution >= 4 is 11.3 Å². The average Bonchev–Trinajstić information content (AvgIpc) is 2.89. The number of aliphatic hydroxyl groups is 1. The monoisotopic (exact) mass is 263 g/mol. The van der Waals surface area contributed by atoms with Gasteiger partial charge < -0.3 is 9.84 Å². The molecular formula is C14H17NO2S. The van der Waals surface area contributed by atoms with E-state index in [1.165, 1.54) is 0 Å². The van der Waals surface area contributed by atoms with Crippen LogP contribution >= 0.6 is 11.3 Å². The van der Waals surface area contributed by atoms with Crippen molar-refractivity contribution in [3.63, 3.8) is 0 Å². The molecule has 96 valence electrons. The Morgan fingerprint density at radius 2 is 2.11 bits per heavy atom. The molecule has 1 heterocycles. The summed E-state index contributed by atoms with van der Waals surface area (Å²) in [6.45, 7) is 2.51. The third-order valence-corrected chi connectivity index (χ3v) is 3.49. The molecule has 18 heavy (non-hydrogen) atoms. The van der Waals surface area contributed by atoms with Crippen molar-refractivity contribution < 1.29 is 9.84 Å². The highest BCUT2D eigenvalue weighted by molar-refractivity contribution is 7.09. The molecular weight excluding hydrogens is 246 g/mol. The highest BCUT2D eigenvalue weighted by atomic mass is 32.1. The molecule has 2 unspecified atom stereocenters. The van der Waals surface area contributed by atoms with Crippen LogP contribution in [0.15, 0.2) is 41.9 Å². The summed E-state index contributed by atoms with van der Waals surface area (Å²) in [5.74, 6) is 0. The van der Waals surface area contributed by atoms with Gasteiger partial charge in [0.15, 0.2) is 0 Å². The molecule has 2 atom stereocenters. The lowest BCUT2D eigenvalue weighted by Crippen LogP contribution is -2.23. The summed E-state index contributed by atoms with van der Waals surface area (Å²) in [5, 5.41) is 13.2. The Balaban J connectivity index is 2.09. The van der Waals surface area contributed by atoms with Gasteiger partial charge in [-0.3, -0.25) is 0 Å². The van der Waals surface area contributed by atoms with Crippen LogP contribution in [0.1, 0.15) is 23.6 Å². The maximum atomic E-state index is 10.3. The first-order valence-electron chi connectivity index (χ1n) is 6.04. The molecule has 0 saturated carbocycles. The molecule has 0 radical (unpaired) electrons. The summed E-state index contributed by atoms with van der Waals surface area (Å²) in [6, 6.07) is 9.82. The summed E-state index contributed by atoms with van der Waals surface area (Å²) in [7, 11) is 0. The molecule has 2 rings (SSSR count). The zero-order valence-corrected chi connectivity index (χ0v) is 11.1. The van der Waals surface area contributed by atoms with Gasteiger partial charge in [-0.2, -0.15) is 0 Å². The molecule has 0 amide bonds. The predicted molar refractivity (Wildman–Crippen MR) is 72.6 cm³/mol. The standard InChI is InChI=1S/C14H17NO2S/c1-2-17-14(11-6-4-3-5-7-11)12(16)10-13-15-8-9-18-13/h3-9,12,14,16H,2,10H2,1H3. The number of hydrogen-bond acceptors (Lipinski definition) is 4. The highest BCUT2D eigenvalue weighted by Crippen LogP contribution is 2.24. The minimum absolute atomic E-state index is 0.292. The number of hydrogen-bond donors (Lipinski definition) is 1. The largest absolute Gasteiger partial charge is 0.390 e. The zero-order chi connectivity index (χ0) is 12.8. The predicted octanol–water partition coefficient (Wildman–Crippen LogP) is 2.82. The quantitative estimate of drug-likeness (QED) is 0.871. The van der Waals surface area contributed by atoms with Crippen molar-refractivity contribution in [3.8, 4) is 0 Å². The molecule has 0 spiro atoms. The van der Waals surface area contributed by atoms with Crippen molar-refractivity contribution in [2.24, 2.45) is 0 Å². The van der Waals surface area contributed by atoms with E-state index in [1.807, 2.05) is 42.6 Å². The van der Waals surface area contributed by atoms with Crippen LogP contribution in [0.2, 0.25) is 0 Å². The van der Waals surface area contributed by atoms with Crippen LogP contribution in [-0.2, 0) is 11.2 Å². The number of aromatic nitrogens is 1. The molecule has 1 N–H and O–H groups in total. The summed E-state index contributed by atoms with van der Waals surface area (Å²) >= 11 is 1.56. The van der Waals surface area contributed by atoms with Crippen LogP contribution in [0.3, 0.4) is 0 Å². The smallest absolute Gasteiger partial charge is 0.109 e. The number of thiazole rings is 1. The molecule has 0 aliphatic heterocycles. The molecule has 0 fully saturated rings. The maximum absolute atomic E-state index is 10.3. The third-order valence-electron chi connectivity index (χ3n) is 2.69. The van der Waals surface area contributed by atoms with Gasteiger partial charge in [0.1, 0.15) is 6.10 Å². The van der Waals surface area contributed by atoms with Crippen molar-refractivity contribution in [2.45, 2.75) is 25.6 Å². The van der Waals surface area contributed by atoms with Crippen LogP contribution in [-0.4, -0.2) is 22.8 Å². The normalized spacial score (nSPS) is 14.3. The lowest BCUT2D eigenvalue weighted by Gasteiger charge is -2.22. The first kappa shape index (κ1) is 13.2. The highest BCUT2D eigenvalue weighted by Gasteiger charge is 2.22. The number of rotatable bonds is 6.